The van der Waals surface area contributed by atoms with E-state index in [9.17, 15) is 4.79 Å². The SMILES string of the molecule is CC1(C)CC2(C)OC(=O)N(Cc3ccccc3)C2(C)c2ccccc21. The van der Waals surface area contributed by atoms with Crippen LogP contribution >= 0.6 is 0 Å². The van der Waals surface area contributed by atoms with Crippen molar-refractivity contribution in [3.8, 4) is 0 Å². The number of rotatable bonds is 2. The van der Waals surface area contributed by atoms with Crippen molar-refractivity contribution in [2.24, 2.45) is 0 Å². The van der Waals surface area contributed by atoms with E-state index in [2.05, 4.69) is 64.1 Å². The number of ether oxygens (including phenoxy) is 1. The van der Waals surface area contributed by atoms with E-state index < -0.39 is 11.1 Å². The molecule has 2 aromatic rings. The molecule has 2 atom stereocenters. The maximum absolute atomic E-state index is 12.9. The summed E-state index contributed by atoms with van der Waals surface area (Å²) in [6.07, 6.45) is 0.589. The Morgan fingerprint density at radius 2 is 1.52 bits per heavy atom. The standard InChI is InChI=1S/C22H25NO2/c1-20(2)15-21(3)22(4,18-13-9-8-12-17(18)20)23(19(24)25-21)14-16-10-6-5-7-11-16/h5-13H,14-15H2,1-4H3. The van der Waals surface area contributed by atoms with Gasteiger partial charge in [-0.05, 0) is 42.4 Å². The highest BCUT2D eigenvalue weighted by molar-refractivity contribution is 5.74. The molecule has 2 unspecified atom stereocenters. The highest BCUT2D eigenvalue weighted by Crippen LogP contribution is 2.58. The summed E-state index contributed by atoms with van der Waals surface area (Å²) in [6, 6.07) is 18.7. The van der Waals surface area contributed by atoms with Gasteiger partial charge in [0.1, 0.15) is 11.1 Å². The molecule has 0 bridgehead atoms. The van der Waals surface area contributed by atoms with Crippen LogP contribution in [-0.2, 0) is 22.2 Å². The van der Waals surface area contributed by atoms with Gasteiger partial charge in [-0.3, -0.25) is 4.90 Å². The minimum Gasteiger partial charge on any atom is -0.440 e. The maximum Gasteiger partial charge on any atom is 0.411 e. The van der Waals surface area contributed by atoms with E-state index in [1.54, 1.807) is 0 Å². The van der Waals surface area contributed by atoms with Gasteiger partial charge in [0, 0.05) is 0 Å². The van der Waals surface area contributed by atoms with Gasteiger partial charge in [0.2, 0.25) is 0 Å². The van der Waals surface area contributed by atoms with E-state index in [4.69, 9.17) is 4.74 Å². The van der Waals surface area contributed by atoms with Gasteiger partial charge in [0.25, 0.3) is 0 Å². The fourth-order valence-electron chi connectivity index (χ4n) is 4.88. The zero-order valence-electron chi connectivity index (χ0n) is 15.4. The smallest absolute Gasteiger partial charge is 0.411 e. The molecule has 130 valence electrons. The van der Waals surface area contributed by atoms with Crippen LogP contribution in [0, 0.1) is 0 Å². The van der Waals surface area contributed by atoms with Crippen molar-refractivity contribution < 1.29 is 9.53 Å². The second-order valence-electron chi connectivity index (χ2n) is 8.35. The van der Waals surface area contributed by atoms with E-state index >= 15 is 0 Å². The summed E-state index contributed by atoms with van der Waals surface area (Å²) < 4.78 is 6.02. The van der Waals surface area contributed by atoms with Crippen LogP contribution in [0.5, 0.6) is 0 Å². The Labute approximate surface area is 149 Å². The fraction of sp³-hybridized carbons (Fsp3) is 0.409. The third kappa shape index (κ3) is 2.14. The predicted octanol–water partition coefficient (Wildman–Crippen LogP) is 4.99. The molecule has 2 aliphatic rings. The van der Waals surface area contributed by atoms with Gasteiger partial charge in [-0.15, -0.1) is 0 Å². The number of amides is 1. The fourth-order valence-corrected chi connectivity index (χ4v) is 4.88. The summed E-state index contributed by atoms with van der Waals surface area (Å²) in [5, 5.41) is 0. The van der Waals surface area contributed by atoms with Crippen LogP contribution in [0.3, 0.4) is 0 Å². The molecule has 4 rings (SSSR count). The Kier molecular flexibility index (Phi) is 3.31. The van der Waals surface area contributed by atoms with Gasteiger partial charge < -0.3 is 4.74 Å². The highest BCUT2D eigenvalue weighted by atomic mass is 16.6. The number of carbonyl (C=O) groups excluding carboxylic acids is 1. The Balaban J connectivity index is 1.88. The van der Waals surface area contributed by atoms with Gasteiger partial charge in [-0.1, -0.05) is 68.4 Å². The topological polar surface area (TPSA) is 29.5 Å². The summed E-state index contributed by atoms with van der Waals surface area (Å²) in [5.74, 6) is 0. The van der Waals surface area contributed by atoms with Crippen molar-refractivity contribution in [2.75, 3.05) is 0 Å². The maximum atomic E-state index is 12.9. The molecule has 2 aromatic carbocycles. The average molecular weight is 335 g/mol. The third-order valence-corrected chi connectivity index (χ3v) is 6.25. The molecule has 1 heterocycles. The molecule has 1 amide bonds. The van der Waals surface area contributed by atoms with E-state index in [1.165, 1.54) is 11.1 Å². The molecule has 3 nitrogen and oxygen atoms in total. The van der Waals surface area contributed by atoms with Crippen LogP contribution in [0.25, 0.3) is 0 Å². The van der Waals surface area contributed by atoms with Gasteiger partial charge in [-0.2, -0.15) is 0 Å². The molecule has 0 saturated carbocycles. The second-order valence-corrected chi connectivity index (χ2v) is 8.35. The Hall–Kier alpha value is -2.29. The summed E-state index contributed by atoms with van der Waals surface area (Å²) >= 11 is 0. The van der Waals surface area contributed by atoms with Gasteiger partial charge in [0.05, 0.1) is 6.54 Å². The first-order valence-corrected chi connectivity index (χ1v) is 8.92. The zero-order chi connectivity index (χ0) is 17.9. The van der Waals surface area contributed by atoms with Crippen LogP contribution in [0.1, 0.15) is 50.8 Å². The lowest BCUT2D eigenvalue weighted by atomic mass is 9.59. The lowest BCUT2D eigenvalue weighted by Gasteiger charge is -2.52. The first-order valence-electron chi connectivity index (χ1n) is 8.92. The van der Waals surface area contributed by atoms with Crippen molar-refractivity contribution in [3.05, 3.63) is 71.3 Å². The number of hydrogen-bond donors (Lipinski definition) is 0. The lowest BCUT2D eigenvalue weighted by molar-refractivity contribution is -0.0303. The molecule has 1 saturated heterocycles. The van der Waals surface area contributed by atoms with Gasteiger partial charge in [-0.25, -0.2) is 4.79 Å². The number of benzene rings is 2. The van der Waals surface area contributed by atoms with Crippen LogP contribution in [0.4, 0.5) is 4.79 Å². The van der Waals surface area contributed by atoms with Crippen LogP contribution in [-0.4, -0.2) is 16.6 Å². The Morgan fingerprint density at radius 3 is 2.20 bits per heavy atom. The van der Waals surface area contributed by atoms with Crippen molar-refractivity contribution in [1.29, 1.82) is 0 Å². The Morgan fingerprint density at radius 1 is 0.920 bits per heavy atom. The molecule has 3 heteroatoms. The van der Waals surface area contributed by atoms with Crippen LogP contribution in [0.2, 0.25) is 0 Å². The molecule has 1 aliphatic carbocycles. The first-order chi connectivity index (χ1) is 11.8. The molecule has 0 spiro atoms. The quantitative estimate of drug-likeness (QED) is 0.773. The largest absolute Gasteiger partial charge is 0.440 e. The highest BCUT2D eigenvalue weighted by Gasteiger charge is 2.65. The second kappa shape index (κ2) is 5.10. The Bertz CT molecular complexity index is 829. The molecular formula is C22H25NO2. The lowest BCUT2D eigenvalue weighted by Crippen LogP contribution is -2.58. The van der Waals surface area contributed by atoms with Gasteiger partial charge >= 0.3 is 6.09 Å². The molecular weight excluding hydrogens is 310 g/mol. The number of hydrogen-bond acceptors (Lipinski definition) is 2. The monoisotopic (exact) mass is 335 g/mol. The summed E-state index contributed by atoms with van der Waals surface area (Å²) in [7, 11) is 0. The summed E-state index contributed by atoms with van der Waals surface area (Å²) in [6.45, 7) is 9.29. The third-order valence-electron chi connectivity index (χ3n) is 6.25. The van der Waals surface area contributed by atoms with Crippen molar-refractivity contribution in [3.63, 3.8) is 0 Å². The average Bonchev–Trinajstić information content (AvgIpc) is 2.76. The van der Waals surface area contributed by atoms with Crippen molar-refractivity contribution in [2.45, 2.75) is 57.2 Å². The number of carbonyl (C=O) groups is 1. The zero-order valence-corrected chi connectivity index (χ0v) is 15.4. The molecule has 0 N–H and O–H groups in total. The van der Waals surface area contributed by atoms with Crippen LogP contribution < -0.4 is 0 Å². The summed E-state index contributed by atoms with van der Waals surface area (Å²) in [5.41, 5.74) is 2.57. The summed E-state index contributed by atoms with van der Waals surface area (Å²) in [4.78, 5) is 14.8. The minimum atomic E-state index is -0.545. The minimum absolute atomic E-state index is 0.0338. The molecule has 0 radical (unpaired) electrons. The molecule has 1 fully saturated rings. The van der Waals surface area contributed by atoms with E-state index in [-0.39, 0.29) is 11.5 Å². The number of fused-ring (bicyclic) bond motifs is 3. The van der Waals surface area contributed by atoms with Crippen LogP contribution in [0.15, 0.2) is 54.6 Å². The molecule has 0 aromatic heterocycles. The van der Waals surface area contributed by atoms with E-state index in [0.717, 1.165) is 12.0 Å². The number of nitrogens with zero attached hydrogens (tertiary/aromatic N) is 1. The molecule has 25 heavy (non-hydrogen) atoms. The van der Waals surface area contributed by atoms with Crippen molar-refractivity contribution in [1.82, 2.24) is 4.90 Å². The first kappa shape index (κ1) is 16.2. The van der Waals surface area contributed by atoms with E-state index in [1.807, 2.05) is 23.1 Å². The van der Waals surface area contributed by atoms with Crippen molar-refractivity contribution >= 4 is 6.09 Å². The predicted molar refractivity (Wildman–Crippen MR) is 98.3 cm³/mol. The molecule has 1 aliphatic heterocycles. The van der Waals surface area contributed by atoms with E-state index in [0.29, 0.717) is 6.54 Å². The normalized spacial score (nSPS) is 29.8. The van der Waals surface area contributed by atoms with Gasteiger partial charge in [0.15, 0.2) is 0 Å².